The summed E-state index contributed by atoms with van der Waals surface area (Å²) in [5, 5.41) is 23.8. The molecule has 1 fully saturated rings. The first kappa shape index (κ1) is 28.3. The standard InChI is InChI=1S/C31H34ClN7O2/c1-3-19-13-15-20(16-14-19)18-39-26-25(22-11-8-12-23(32)17-22)35-29(27(33)36-31(40)41)37-28(26)38-30(39)34-24(4-2)21-9-6-5-7-10-21/h3,5-12,17,19-20,24H,1,4,13-16,18H2,2H3,(H2,33,36)(H,40,41)(H,34,35,37,38)/t19-,20-,24-/m0/s1. The van der Waals surface area contributed by atoms with Crippen LogP contribution in [0.1, 0.15) is 56.5 Å². The zero-order chi connectivity index (χ0) is 28.9. The van der Waals surface area contributed by atoms with Crippen molar-refractivity contribution in [2.24, 2.45) is 11.8 Å². The smallest absolute Gasteiger partial charge is 0.410 e. The van der Waals surface area contributed by atoms with Crippen LogP contribution >= 0.6 is 11.6 Å². The minimum absolute atomic E-state index is 0.0114. The molecule has 1 aliphatic carbocycles. The molecule has 212 valence electrons. The van der Waals surface area contributed by atoms with Crippen LogP contribution in [0.4, 0.5) is 10.7 Å². The second-order valence-corrected chi connectivity index (χ2v) is 10.9. The third kappa shape index (κ3) is 6.41. The summed E-state index contributed by atoms with van der Waals surface area (Å²) in [5.74, 6) is 1.15. The highest BCUT2D eigenvalue weighted by atomic mass is 35.5. The Balaban J connectivity index is 1.67. The molecule has 41 heavy (non-hydrogen) atoms. The molecule has 0 spiro atoms. The first-order chi connectivity index (χ1) is 19.9. The van der Waals surface area contributed by atoms with Crippen LogP contribution in [0.5, 0.6) is 0 Å². The van der Waals surface area contributed by atoms with E-state index in [0.717, 1.165) is 55.3 Å². The Hall–Kier alpha value is -4.24. The molecule has 5 rings (SSSR count). The molecule has 10 heteroatoms. The van der Waals surface area contributed by atoms with Crippen LogP contribution in [0, 0.1) is 17.2 Å². The molecule has 1 saturated carbocycles. The molecule has 1 amide bonds. The van der Waals surface area contributed by atoms with Crippen LogP contribution in [-0.2, 0) is 6.54 Å². The number of anilines is 1. The maximum atomic E-state index is 11.3. The van der Waals surface area contributed by atoms with E-state index in [1.165, 1.54) is 0 Å². The fourth-order valence-electron chi connectivity index (χ4n) is 5.56. The molecule has 0 aliphatic heterocycles. The lowest BCUT2D eigenvalue weighted by Gasteiger charge is -2.28. The normalized spacial score (nSPS) is 17.6. The summed E-state index contributed by atoms with van der Waals surface area (Å²) in [6.07, 6.45) is 5.89. The van der Waals surface area contributed by atoms with Crippen molar-refractivity contribution in [1.29, 1.82) is 5.41 Å². The number of rotatable bonds is 9. The van der Waals surface area contributed by atoms with Crippen LogP contribution in [0.15, 0.2) is 67.3 Å². The third-order valence-corrected chi connectivity index (χ3v) is 7.97. The SMILES string of the molecule is C=C[C@H]1CC[C@H](Cn2c(N[C@@H](CC)c3ccccc3)nc3nc(C(=N)NC(=O)O)nc(-c4cccc(Cl)c4)c32)CC1. The Kier molecular flexibility index (Phi) is 8.64. The summed E-state index contributed by atoms with van der Waals surface area (Å²) in [5.41, 5.74) is 3.52. The Morgan fingerprint density at radius 3 is 2.56 bits per heavy atom. The van der Waals surface area contributed by atoms with Gasteiger partial charge in [0, 0.05) is 17.1 Å². The fraction of sp³-hybridized carbons (Fsp3) is 0.323. The fourth-order valence-corrected chi connectivity index (χ4v) is 5.75. The monoisotopic (exact) mass is 571 g/mol. The molecule has 0 saturated heterocycles. The van der Waals surface area contributed by atoms with Gasteiger partial charge in [0.1, 0.15) is 11.2 Å². The number of hydrogen-bond acceptors (Lipinski definition) is 6. The lowest BCUT2D eigenvalue weighted by atomic mass is 9.82. The molecule has 9 nitrogen and oxygen atoms in total. The molecular weight excluding hydrogens is 538 g/mol. The molecular formula is C31H34ClN7O2. The van der Waals surface area contributed by atoms with E-state index in [-0.39, 0.29) is 11.9 Å². The van der Waals surface area contributed by atoms with Crippen LogP contribution in [0.3, 0.4) is 0 Å². The minimum atomic E-state index is -1.36. The van der Waals surface area contributed by atoms with E-state index in [2.05, 4.69) is 51.9 Å². The Labute approximate surface area is 244 Å². The van der Waals surface area contributed by atoms with Gasteiger partial charge in [-0.1, -0.05) is 67.1 Å². The second-order valence-electron chi connectivity index (χ2n) is 10.5. The topological polar surface area (TPSA) is 129 Å². The molecule has 0 unspecified atom stereocenters. The van der Waals surface area contributed by atoms with Gasteiger partial charge in [-0.3, -0.25) is 10.7 Å². The van der Waals surface area contributed by atoms with Crippen molar-refractivity contribution in [3.05, 3.63) is 83.7 Å². The van der Waals surface area contributed by atoms with Gasteiger partial charge < -0.3 is 15.0 Å². The Morgan fingerprint density at radius 1 is 1.15 bits per heavy atom. The number of halogens is 1. The number of amidine groups is 1. The summed E-state index contributed by atoms with van der Waals surface area (Å²) in [4.78, 5) is 25.5. The molecule has 1 atom stereocenters. The summed E-state index contributed by atoms with van der Waals surface area (Å²) in [6, 6.07) is 17.6. The van der Waals surface area contributed by atoms with Crippen molar-refractivity contribution < 1.29 is 9.90 Å². The number of nitrogens with one attached hydrogen (secondary N) is 3. The van der Waals surface area contributed by atoms with Gasteiger partial charge >= 0.3 is 6.09 Å². The second kappa shape index (κ2) is 12.5. The predicted molar refractivity (Wildman–Crippen MR) is 162 cm³/mol. The first-order valence-electron chi connectivity index (χ1n) is 13.9. The van der Waals surface area contributed by atoms with E-state index in [0.29, 0.717) is 34.1 Å². The van der Waals surface area contributed by atoms with Crippen LogP contribution in [-0.4, -0.2) is 36.6 Å². The van der Waals surface area contributed by atoms with Gasteiger partial charge in [-0.2, -0.15) is 4.98 Å². The van der Waals surface area contributed by atoms with Gasteiger partial charge in [-0.15, -0.1) is 6.58 Å². The number of amides is 1. The molecule has 4 N–H and O–H groups in total. The van der Waals surface area contributed by atoms with Gasteiger partial charge in [0.25, 0.3) is 0 Å². The third-order valence-electron chi connectivity index (χ3n) is 7.74. The molecule has 2 aromatic carbocycles. The average molecular weight is 572 g/mol. The summed E-state index contributed by atoms with van der Waals surface area (Å²) in [7, 11) is 0. The summed E-state index contributed by atoms with van der Waals surface area (Å²) in [6.45, 7) is 6.84. The lowest BCUT2D eigenvalue weighted by Crippen LogP contribution is -2.30. The number of fused-ring (bicyclic) bond motifs is 1. The predicted octanol–water partition coefficient (Wildman–Crippen LogP) is 7.30. The molecule has 4 aromatic rings. The average Bonchev–Trinajstić information content (AvgIpc) is 3.32. The number of carboxylic acid groups (broad SMARTS) is 1. The van der Waals surface area contributed by atoms with E-state index in [1.807, 2.05) is 30.3 Å². The lowest BCUT2D eigenvalue weighted by molar-refractivity contribution is 0.200. The molecule has 2 heterocycles. The maximum absolute atomic E-state index is 11.3. The summed E-state index contributed by atoms with van der Waals surface area (Å²) < 4.78 is 2.16. The van der Waals surface area contributed by atoms with Crippen molar-refractivity contribution in [2.45, 2.75) is 51.6 Å². The van der Waals surface area contributed by atoms with Crippen molar-refractivity contribution in [1.82, 2.24) is 24.8 Å². The first-order valence-corrected chi connectivity index (χ1v) is 14.3. The minimum Gasteiger partial charge on any atom is -0.465 e. The Bertz CT molecular complexity index is 1560. The van der Waals surface area contributed by atoms with Crippen molar-refractivity contribution in [2.75, 3.05) is 5.32 Å². The quantitative estimate of drug-likeness (QED) is 0.0947. The number of hydrogen-bond donors (Lipinski definition) is 4. The Morgan fingerprint density at radius 2 is 1.90 bits per heavy atom. The maximum Gasteiger partial charge on any atom is 0.410 e. The number of allylic oxidation sites excluding steroid dienone is 1. The van der Waals surface area contributed by atoms with Crippen LogP contribution in [0.25, 0.3) is 22.4 Å². The summed E-state index contributed by atoms with van der Waals surface area (Å²) >= 11 is 6.38. The van der Waals surface area contributed by atoms with Gasteiger partial charge in [-0.05, 0) is 61.6 Å². The molecule has 0 radical (unpaired) electrons. The highest BCUT2D eigenvalue weighted by Crippen LogP contribution is 2.36. The zero-order valence-electron chi connectivity index (χ0n) is 23.0. The molecule has 2 aromatic heterocycles. The highest BCUT2D eigenvalue weighted by molar-refractivity contribution is 6.30. The van der Waals surface area contributed by atoms with Crippen molar-refractivity contribution in [3.63, 3.8) is 0 Å². The van der Waals surface area contributed by atoms with E-state index in [9.17, 15) is 9.90 Å². The molecule has 0 bridgehead atoms. The van der Waals surface area contributed by atoms with Crippen LogP contribution in [0.2, 0.25) is 5.02 Å². The van der Waals surface area contributed by atoms with E-state index in [4.69, 9.17) is 27.0 Å². The molecule has 1 aliphatic rings. The van der Waals surface area contributed by atoms with Gasteiger partial charge in [0.15, 0.2) is 17.3 Å². The van der Waals surface area contributed by atoms with Gasteiger partial charge in [-0.25, -0.2) is 14.8 Å². The van der Waals surface area contributed by atoms with E-state index >= 15 is 0 Å². The van der Waals surface area contributed by atoms with Gasteiger partial charge in [0.2, 0.25) is 5.95 Å². The van der Waals surface area contributed by atoms with E-state index < -0.39 is 11.9 Å². The van der Waals surface area contributed by atoms with E-state index in [1.54, 1.807) is 12.1 Å². The number of nitrogens with zero attached hydrogens (tertiary/aromatic N) is 4. The highest BCUT2D eigenvalue weighted by Gasteiger charge is 2.26. The number of carbonyl (C=O) groups is 1. The number of aromatic nitrogens is 4. The number of imidazole rings is 1. The van der Waals surface area contributed by atoms with Crippen molar-refractivity contribution in [3.8, 4) is 11.3 Å². The number of benzene rings is 2. The zero-order valence-corrected chi connectivity index (χ0v) is 23.7. The van der Waals surface area contributed by atoms with Crippen LogP contribution < -0.4 is 10.6 Å². The van der Waals surface area contributed by atoms with Gasteiger partial charge in [0.05, 0.1) is 6.04 Å². The van der Waals surface area contributed by atoms with Crippen molar-refractivity contribution >= 4 is 40.6 Å². The largest absolute Gasteiger partial charge is 0.465 e.